The van der Waals surface area contributed by atoms with Crippen LogP contribution in [0.2, 0.25) is 0 Å². The van der Waals surface area contributed by atoms with Crippen LogP contribution in [0.4, 0.5) is 11.6 Å². The fraction of sp³-hybridized carbons (Fsp3) is 0.636. The average Bonchev–Trinajstić information content (AvgIpc) is 2.76. The van der Waals surface area contributed by atoms with Gasteiger partial charge in [-0.25, -0.2) is 9.97 Å². The molecule has 88 valence electrons. The van der Waals surface area contributed by atoms with Gasteiger partial charge in [0.2, 0.25) is 0 Å². The smallest absolute Gasteiger partial charge is 0.134 e. The molecule has 2 rings (SSSR count). The number of rotatable bonds is 3. The minimum absolute atomic E-state index is 0.327. The zero-order valence-corrected chi connectivity index (χ0v) is 10.0. The first-order chi connectivity index (χ1) is 7.72. The Morgan fingerprint density at radius 1 is 1.50 bits per heavy atom. The standard InChI is InChI=1S/C11H18N4O/c1-8-13-10(12-2)6-11(14-8)15-5-4-9(7-15)16-3/h6,9H,4-5,7H2,1-3H3,(H,12,13,14). The maximum absolute atomic E-state index is 5.35. The van der Waals surface area contributed by atoms with Crippen LogP contribution in [-0.4, -0.2) is 43.3 Å². The van der Waals surface area contributed by atoms with Crippen molar-refractivity contribution < 1.29 is 4.74 Å². The Labute approximate surface area is 95.8 Å². The van der Waals surface area contributed by atoms with Crippen LogP contribution in [0.5, 0.6) is 0 Å². The number of methoxy groups -OCH3 is 1. The highest BCUT2D eigenvalue weighted by atomic mass is 16.5. The number of ether oxygens (including phenoxy) is 1. The minimum atomic E-state index is 0.327. The van der Waals surface area contributed by atoms with E-state index in [0.717, 1.165) is 37.0 Å². The molecule has 1 aromatic heterocycles. The van der Waals surface area contributed by atoms with Gasteiger partial charge in [0.25, 0.3) is 0 Å². The molecule has 0 aromatic carbocycles. The number of aromatic nitrogens is 2. The van der Waals surface area contributed by atoms with Crippen molar-refractivity contribution >= 4 is 11.6 Å². The van der Waals surface area contributed by atoms with Crippen LogP contribution in [0.3, 0.4) is 0 Å². The van der Waals surface area contributed by atoms with Gasteiger partial charge in [-0.15, -0.1) is 0 Å². The molecule has 1 aromatic rings. The Morgan fingerprint density at radius 3 is 2.94 bits per heavy atom. The highest BCUT2D eigenvalue weighted by Crippen LogP contribution is 2.21. The molecular formula is C11H18N4O. The van der Waals surface area contributed by atoms with E-state index < -0.39 is 0 Å². The maximum Gasteiger partial charge on any atom is 0.134 e. The second kappa shape index (κ2) is 4.65. The number of nitrogens with one attached hydrogen (secondary N) is 1. The second-order valence-electron chi connectivity index (χ2n) is 4.00. The molecule has 0 amide bonds. The van der Waals surface area contributed by atoms with Crippen LogP contribution in [0.25, 0.3) is 0 Å². The van der Waals surface area contributed by atoms with Gasteiger partial charge in [0.1, 0.15) is 17.5 Å². The second-order valence-corrected chi connectivity index (χ2v) is 4.00. The van der Waals surface area contributed by atoms with Crippen molar-refractivity contribution in [3.05, 3.63) is 11.9 Å². The summed E-state index contributed by atoms with van der Waals surface area (Å²) in [5, 5.41) is 3.05. The van der Waals surface area contributed by atoms with E-state index in [9.17, 15) is 0 Å². The Balaban J connectivity index is 2.17. The van der Waals surface area contributed by atoms with Gasteiger partial charge in [-0.05, 0) is 13.3 Å². The van der Waals surface area contributed by atoms with Gasteiger partial charge in [-0.3, -0.25) is 0 Å². The van der Waals surface area contributed by atoms with E-state index in [1.54, 1.807) is 7.11 Å². The van der Waals surface area contributed by atoms with E-state index in [-0.39, 0.29) is 0 Å². The monoisotopic (exact) mass is 222 g/mol. The molecule has 1 saturated heterocycles. The summed E-state index contributed by atoms with van der Waals surface area (Å²) in [6.45, 7) is 3.82. The fourth-order valence-corrected chi connectivity index (χ4v) is 1.97. The van der Waals surface area contributed by atoms with Crippen LogP contribution >= 0.6 is 0 Å². The van der Waals surface area contributed by atoms with E-state index in [4.69, 9.17) is 4.74 Å². The highest BCUT2D eigenvalue weighted by molar-refractivity contribution is 5.49. The Morgan fingerprint density at radius 2 is 2.31 bits per heavy atom. The fourth-order valence-electron chi connectivity index (χ4n) is 1.97. The predicted molar refractivity (Wildman–Crippen MR) is 63.9 cm³/mol. The number of anilines is 2. The molecule has 0 aliphatic carbocycles. The first-order valence-corrected chi connectivity index (χ1v) is 5.54. The van der Waals surface area contributed by atoms with Crippen LogP contribution in [-0.2, 0) is 4.74 Å². The number of nitrogens with zero attached hydrogens (tertiary/aromatic N) is 3. The van der Waals surface area contributed by atoms with Crippen LogP contribution < -0.4 is 10.2 Å². The van der Waals surface area contributed by atoms with Crippen LogP contribution in [0.1, 0.15) is 12.2 Å². The number of hydrogen-bond donors (Lipinski definition) is 1. The normalized spacial score (nSPS) is 20.2. The van der Waals surface area contributed by atoms with Gasteiger partial charge in [0.15, 0.2) is 0 Å². The molecule has 0 spiro atoms. The topological polar surface area (TPSA) is 50.3 Å². The van der Waals surface area contributed by atoms with Crippen molar-refractivity contribution in [2.45, 2.75) is 19.4 Å². The van der Waals surface area contributed by atoms with E-state index in [1.807, 2.05) is 20.0 Å². The molecule has 5 heteroatoms. The summed E-state index contributed by atoms with van der Waals surface area (Å²) >= 11 is 0. The van der Waals surface area contributed by atoms with Crippen LogP contribution in [0.15, 0.2) is 6.07 Å². The van der Waals surface area contributed by atoms with Gasteiger partial charge < -0.3 is 15.0 Å². The lowest BCUT2D eigenvalue weighted by molar-refractivity contribution is 0.121. The number of aryl methyl sites for hydroxylation is 1. The molecule has 1 N–H and O–H groups in total. The molecule has 2 heterocycles. The third-order valence-electron chi connectivity index (χ3n) is 2.88. The lowest BCUT2D eigenvalue weighted by Gasteiger charge is -2.18. The summed E-state index contributed by atoms with van der Waals surface area (Å²) in [6.07, 6.45) is 1.39. The molecule has 1 aliphatic heterocycles. The van der Waals surface area contributed by atoms with Crippen LogP contribution in [0, 0.1) is 6.92 Å². The van der Waals surface area contributed by atoms with E-state index in [2.05, 4.69) is 20.2 Å². The van der Waals surface area contributed by atoms with Crippen molar-refractivity contribution in [1.29, 1.82) is 0 Å². The molecule has 1 fully saturated rings. The van der Waals surface area contributed by atoms with Crippen molar-refractivity contribution in [2.24, 2.45) is 0 Å². The molecule has 5 nitrogen and oxygen atoms in total. The third-order valence-corrected chi connectivity index (χ3v) is 2.88. The van der Waals surface area contributed by atoms with Crippen molar-refractivity contribution in [3.8, 4) is 0 Å². The molecule has 0 bridgehead atoms. The zero-order valence-electron chi connectivity index (χ0n) is 10.0. The molecule has 16 heavy (non-hydrogen) atoms. The summed E-state index contributed by atoms with van der Waals surface area (Å²) < 4.78 is 5.35. The van der Waals surface area contributed by atoms with Gasteiger partial charge in [-0.2, -0.15) is 0 Å². The lowest BCUT2D eigenvalue weighted by Crippen LogP contribution is -2.23. The van der Waals surface area contributed by atoms with Crippen molar-refractivity contribution in [1.82, 2.24) is 9.97 Å². The molecular weight excluding hydrogens is 204 g/mol. The summed E-state index contributed by atoms with van der Waals surface area (Å²) in [7, 11) is 3.63. The van der Waals surface area contributed by atoms with E-state index in [1.165, 1.54) is 0 Å². The SMILES string of the molecule is CNc1cc(N2CCC(OC)C2)nc(C)n1. The lowest BCUT2D eigenvalue weighted by atomic mass is 10.3. The Kier molecular flexibility index (Phi) is 3.24. The largest absolute Gasteiger partial charge is 0.380 e. The van der Waals surface area contributed by atoms with Gasteiger partial charge in [-0.1, -0.05) is 0 Å². The Bertz CT molecular complexity index is 369. The van der Waals surface area contributed by atoms with Gasteiger partial charge in [0, 0.05) is 33.3 Å². The third kappa shape index (κ3) is 2.24. The van der Waals surface area contributed by atoms with E-state index >= 15 is 0 Å². The van der Waals surface area contributed by atoms with Crippen molar-refractivity contribution in [2.75, 3.05) is 37.5 Å². The zero-order chi connectivity index (χ0) is 11.5. The first-order valence-electron chi connectivity index (χ1n) is 5.54. The minimum Gasteiger partial charge on any atom is -0.380 e. The number of hydrogen-bond acceptors (Lipinski definition) is 5. The summed E-state index contributed by atoms with van der Waals surface area (Å²) in [4.78, 5) is 11.0. The first kappa shape index (κ1) is 11.1. The quantitative estimate of drug-likeness (QED) is 0.828. The molecule has 1 unspecified atom stereocenters. The molecule has 0 saturated carbocycles. The molecule has 1 aliphatic rings. The van der Waals surface area contributed by atoms with E-state index in [0.29, 0.717) is 6.10 Å². The van der Waals surface area contributed by atoms with Gasteiger partial charge in [0.05, 0.1) is 6.10 Å². The average molecular weight is 222 g/mol. The summed E-state index contributed by atoms with van der Waals surface area (Å²) in [6, 6.07) is 1.98. The summed E-state index contributed by atoms with van der Waals surface area (Å²) in [5.41, 5.74) is 0. The molecule has 1 atom stereocenters. The molecule has 0 radical (unpaired) electrons. The van der Waals surface area contributed by atoms with Gasteiger partial charge >= 0.3 is 0 Å². The summed E-state index contributed by atoms with van der Waals surface area (Å²) in [5.74, 6) is 2.64. The van der Waals surface area contributed by atoms with Crippen molar-refractivity contribution in [3.63, 3.8) is 0 Å². The maximum atomic E-state index is 5.35. The highest BCUT2D eigenvalue weighted by Gasteiger charge is 2.23. The predicted octanol–water partition coefficient (Wildman–Crippen LogP) is 1.05. The Hall–Kier alpha value is -1.36.